The lowest BCUT2D eigenvalue weighted by Crippen LogP contribution is -2.48. The number of para-hydroxylation sites is 1. The number of aryl methyl sites for hydroxylation is 2. The van der Waals surface area contributed by atoms with Crippen LogP contribution in [0.3, 0.4) is 0 Å². The van der Waals surface area contributed by atoms with Gasteiger partial charge >= 0.3 is 0 Å². The minimum Gasteiger partial charge on any atom is -0.354 e. The zero-order chi connectivity index (χ0) is 20.0. The predicted molar refractivity (Wildman–Crippen MR) is 106 cm³/mol. The molecule has 0 aromatic heterocycles. The van der Waals surface area contributed by atoms with Gasteiger partial charge in [0.1, 0.15) is 11.9 Å². The van der Waals surface area contributed by atoms with E-state index in [2.05, 4.69) is 11.4 Å². The molecule has 1 N–H and O–H groups in total. The van der Waals surface area contributed by atoms with Crippen molar-refractivity contribution in [2.75, 3.05) is 17.1 Å². The fraction of sp³-hybridized carbons (Fsp3) is 0.350. The van der Waals surface area contributed by atoms with E-state index in [4.69, 9.17) is 0 Å². The van der Waals surface area contributed by atoms with Crippen molar-refractivity contribution >= 4 is 21.6 Å². The van der Waals surface area contributed by atoms with Gasteiger partial charge in [0.25, 0.3) is 0 Å². The number of hydrogen-bond acceptors (Lipinski definition) is 3. The van der Waals surface area contributed by atoms with E-state index < -0.39 is 27.8 Å². The molecule has 5 nitrogen and oxygen atoms in total. The Morgan fingerprint density at radius 2 is 1.89 bits per heavy atom. The molecule has 0 fully saturated rings. The van der Waals surface area contributed by atoms with Gasteiger partial charge in [0.05, 0.1) is 11.9 Å². The molecule has 2 rings (SSSR count). The van der Waals surface area contributed by atoms with Crippen LogP contribution in [0.2, 0.25) is 0 Å². The molecule has 1 atom stereocenters. The molecular weight excluding hydrogens is 367 g/mol. The summed E-state index contributed by atoms with van der Waals surface area (Å²) in [5.41, 5.74) is 2.22. The fourth-order valence-corrected chi connectivity index (χ4v) is 4.11. The highest BCUT2D eigenvalue weighted by molar-refractivity contribution is 7.92. The standard InChI is InChI=1S/C20H25FN2O3S/c1-15-8-6-9-17(14-15)10-7-13-22-20(24)16(2)23(27(3,25)26)19-12-5-4-11-18(19)21/h4-6,8-9,11-12,14,16H,7,10,13H2,1-3H3,(H,22,24)/t16-/m0/s1. The van der Waals surface area contributed by atoms with Gasteiger partial charge in [-0.1, -0.05) is 42.0 Å². The van der Waals surface area contributed by atoms with Crippen LogP contribution in [-0.2, 0) is 21.2 Å². The molecule has 2 aromatic carbocycles. The average molecular weight is 392 g/mol. The number of nitrogens with zero attached hydrogens (tertiary/aromatic N) is 1. The zero-order valence-corrected chi connectivity index (χ0v) is 16.6. The molecule has 2 aromatic rings. The Labute approximate surface area is 160 Å². The third kappa shape index (κ3) is 5.79. The highest BCUT2D eigenvalue weighted by Gasteiger charge is 2.30. The largest absolute Gasteiger partial charge is 0.354 e. The second-order valence-electron chi connectivity index (χ2n) is 6.57. The van der Waals surface area contributed by atoms with Crippen LogP contribution in [0, 0.1) is 12.7 Å². The van der Waals surface area contributed by atoms with Crippen LogP contribution in [0.15, 0.2) is 48.5 Å². The molecule has 0 saturated heterocycles. The van der Waals surface area contributed by atoms with Crippen molar-refractivity contribution in [3.63, 3.8) is 0 Å². The summed E-state index contributed by atoms with van der Waals surface area (Å²) >= 11 is 0. The first-order chi connectivity index (χ1) is 12.7. The first-order valence-electron chi connectivity index (χ1n) is 8.77. The smallest absolute Gasteiger partial charge is 0.243 e. The molecule has 0 radical (unpaired) electrons. The van der Waals surface area contributed by atoms with Crippen molar-refractivity contribution in [1.82, 2.24) is 5.32 Å². The first kappa shape index (κ1) is 20.9. The highest BCUT2D eigenvalue weighted by atomic mass is 32.2. The molecule has 0 aliphatic heterocycles. The maximum absolute atomic E-state index is 14.1. The van der Waals surface area contributed by atoms with Gasteiger partial charge in [-0.2, -0.15) is 0 Å². The Morgan fingerprint density at radius 1 is 1.19 bits per heavy atom. The first-order valence-corrected chi connectivity index (χ1v) is 10.6. The monoisotopic (exact) mass is 392 g/mol. The van der Waals surface area contributed by atoms with Crippen molar-refractivity contribution in [3.05, 3.63) is 65.5 Å². The maximum atomic E-state index is 14.1. The summed E-state index contributed by atoms with van der Waals surface area (Å²) in [6.07, 6.45) is 2.49. The number of benzene rings is 2. The molecule has 146 valence electrons. The number of halogens is 1. The number of nitrogens with one attached hydrogen (secondary N) is 1. The molecule has 0 spiro atoms. The summed E-state index contributed by atoms with van der Waals surface area (Å²) in [4.78, 5) is 12.4. The zero-order valence-electron chi connectivity index (χ0n) is 15.8. The molecule has 27 heavy (non-hydrogen) atoms. The van der Waals surface area contributed by atoms with Gasteiger partial charge in [0.2, 0.25) is 15.9 Å². The van der Waals surface area contributed by atoms with Gasteiger partial charge < -0.3 is 5.32 Å². The van der Waals surface area contributed by atoms with Crippen molar-refractivity contribution in [2.24, 2.45) is 0 Å². The number of carbonyl (C=O) groups is 1. The fourth-order valence-electron chi connectivity index (χ4n) is 2.93. The van der Waals surface area contributed by atoms with E-state index in [1.54, 1.807) is 0 Å². The number of anilines is 1. The van der Waals surface area contributed by atoms with Crippen molar-refractivity contribution in [2.45, 2.75) is 32.7 Å². The van der Waals surface area contributed by atoms with Gasteiger partial charge in [-0.15, -0.1) is 0 Å². The normalized spacial score (nSPS) is 12.4. The SMILES string of the molecule is Cc1cccc(CCCNC(=O)[C@H](C)N(c2ccccc2F)S(C)(=O)=O)c1. The number of carbonyl (C=O) groups excluding carboxylic acids is 1. The predicted octanol–water partition coefficient (Wildman–Crippen LogP) is 3.04. The molecule has 7 heteroatoms. The van der Waals surface area contributed by atoms with E-state index in [0.29, 0.717) is 6.54 Å². The summed E-state index contributed by atoms with van der Waals surface area (Å²) < 4.78 is 39.2. The molecule has 0 bridgehead atoms. The van der Waals surface area contributed by atoms with Crippen LogP contribution in [0.25, 0.3) is 0 Å². The van der Waals surface area contributed by atoms with Gasteiger partial charge in [-0.3, -0.25) is 9.10 Å². The Morgan fingerprint density at radius 3 is 2.52 bits per heavy atom. The minimum absolute atomic E-state index is 0.137. The van der Waals surface area contributed by atoms with E-state index in [-0.39, 0.29) is 5.69 Å². The van der Waals surface area contributed by atoms with E-state index >= 15 is 0 Å². The van der Waals surface area contributed by atoms with Crippen LogP contribution in [-0.4, -0.2) is 33.2 Å². The van der Waals surface area contributed by atoms with E-state index in [1.807, 2.05) is 25.1 Å². The second-order valence-corrected chi connectivity index (χ2v) is 8.43. The number of rotatable bonds is 8. The van der Waals surface area contributed by atoms with Crippen molar-refractivity contribution in [3.8, 4) is 0 Å². The third-order valence-corrected chi connectivity index (χ3v) is 5.43. The lowest BCUT2D eigenvalue weighted by Gasteiger charge is -2.28. The molecule has 0 saturated carbocycles. The van der Waals surface area contributed by atoms with Gasteiger partial charge in [0.15, 0.2) is 0 Å². The van der Waals surface area contributed by atoms with Crippen molar-refractivity contribution < 1.29 is 17.6 Å². The summed E-state index contributed by atoms with van der Waals surface area (Å²) in [5.74, 6) is -1.16. The van der Waals surface area contributed by atoms with Crippen LogP contribution in [0.4, 0.5) is 10.1 Å². The molecular formula is C20H25FN2O3S. The Hall–Kier alpha value is -2.41. The van der Waals surface area contributed by atoms with Crippen LogP contribution in [0.5, 0.6) is 0 Å². The summed E-state index contributed by atoms with van der Waals surface area (Å²) in [5, 5.41) is 2.74. The molecule has 0 heterocycles. The second kappa shape index (κ2) is 8.99. The Kier molecular flexibility index (Phi) is 6.96. The van der Waals surface area contributed by atoms with Crippen LogP contribution >= 0.6 is 0 Å². The summed E-state index contributed by atoms with van der Waals surface area (Å²) in [6, 6.07) is 12.6. The van der Waals surface area contributed by atoms with E-state index in [1.165, 1.54) is 42.3 Å². The quantitative estimate of drug-likeness (QED) is 0.702. The minimum atomic E-state index is -3.83. The van der Waals surface area contributed by atoms with E-state index in [9.17, 15) is 17.6 Å². The van der Waals surface area contributed by atoms with Crippen LogP contribution < -0.4 is 9.62 Å². The summed E-state index contributed by atoms with van der Waals surface area (Å²) in [7, 11) is -3.83. The number of hydrogen-bond donors (Lipinski definition) is 1. The van der Waals surface area contributed by atoms with Gasteiger partial charge in [-0.25, -0.2) is 12.8 Å². The lowest BCUT2D eigenvalue weighted by molar-refractivity contribution is -0.121. The summed E-state index contributed by atoms with van der Waals surface area (Å²) in [6.45, 7) is 3.88. The highest BCUT2D eigenvalue weighted by Crippen LogP contribution is 2.24. The Balaban J connectivity index is 2.00. The van der Waals surface area contributed by atoms with Gasteiger partial charge in [0, 0.05) is 6.54 Å². The van der Waals surface area contributed by atoms with Crippen LogP contribution in [0.1, 0.15) is 24.5 Å². The third-order valence-electron chi connectivity index (χ3n) is 4.20. The Bertz CT molecular complexity index is 900. The molecule has 0 aliphatic carbocycles. The topological polar surface area (TPSA) is 66.5 Å². The number of sulfonamides is 1. The molecule has 1 amide bonds. The number of amides is 1. The molecule has 0 unspecified atom stereocenters. The lowest BCUT2D eigenvalue weighted by atomic mass is 10.1. The average Bonchev–Trinajstić information content (AvgIpc) is 2.59. The maximum Gasteiger partial charge on any atom is 0.243 e. The van der Waals surface area contributed by atoms with Gasteiger partial charge in [-0.05, 0) is 44.4 Å². The van der Waals surface area contributed by atoms with E-state index in [0.717, 1.165) is 23.4 Å². The molecule has 0 aliphatic rings. The van der Waals surface area contributed by atoms with Crippen molar-refractivity contribution in [1.29, 1.82) is 0 Å².